The van der Waals surface area contributed by atoms with E-state index in [9.17, 15) is 9.90 Å². The van der Waals surface area contributed by atoms with Crippen molar-refractivity contribution >= 4 is 29.1 Å². The number of esters is 1. The number of phenolic OH excluding ortho intramolecular Hbond substituents is 1. The summed E-state index contributed by atoms with van der Waals surface area (Å²) in [6.45, 7) is 4.06. The highest BCUT2D eigenvalue weighted by Crippen LogP contribution is 2.32. The Morgan fingerprint density at radius 2 is 1.79 bits per heavy atom. The molecule has 0 heterocycles. The normalized spacial score (nSPS) is 13.4. The Morgan fingerprint density at radius 1 is 1.17 bits per heavy atom. The number of hydrogen-bond acceptors (Lipinski definition) is 5. The molecule has 0 aliphatic heterocycles. The summed E-state index contributed by atoms with van der Waals surface area (Å²) in [5.74, 6) is -1.34. The molecule has 0 saturated heterocycles. The third-order valence-electron chi connectivity index (χ3n) is 3.47. The second kappa shape index (κ2) is 8.33. The number of ether oxygens (including phenoxy) is 2. The fourth-order valence-electron chi connectivity index (χ4n) is 2.69. The first-order valence-electron chi connectivity index (χ1n) is 7.58. The van der Waals surface area contributed by atoms with Crippen LogP contribution in [-0.2, 0) is 20.1 Å². The van der Waals surface area contributed by atoms with Crippen LogP contribution in [0.3, 0.4) is 0 Å². The van der Waals surface area contributed by atoms with Gasteiger partial charge in [-0.1, -0.05) is 18.2 Å². The maximum absolute atomic E-state index is 11.6. The van der Waals surface area contributed by atoms with Crippen molar-refractivity contribution in [2.75, 3.05) is 27.2 Å². The third-order valence-corrected chi connectivity index (χ3v) is 3.47. The lowest BCUT2D eigenvalue weighted by Gasteiger charge is -2.35. The van der Waals surface area contributed by atoms with E-state index in [-0.39, 0.29) is 18.2 Å². The number of nitrogens with zero attached hydrogens (tertiary/aromatic N) is 1. The molecule has 0 amide bonds. The summed E-state index contributed by atoms with van der Waals surface area (Å²) < 4.78 is 11.5. The second-order valence-corrected chi connectivity index (χ2v) is 5.76. The van der Waals surface area contributed by atoms with Gasteiger partial charge in [0.05, 0.1) is 6.54 Å². The Labute approximate surface area is 148 Å². The highest BCUT2D eigenvalue weighted by molar-refractivity contribution is 5.85. The molecule has 0 fully saturated rings. The van der Waals surface area contributed by atoms with Crippen molar-refractivity contribution in [3.8, 4) is 5.75 Å². The summed E-state index contributed by atoms with van der Waals surface area (Å²) in [4.78, 5) is 13.6. The standard InChI is InChI=1S/C18H23NO4.ClH/c1-5-22-18(12-19(3)4,23-13(2)20)16-8-6-15-11-17(21)9-7-14(15)10-16;/h6-11,21H,5,12H2,1-4H3;1H. The number of rotatable bonds is 6. The van der Waals surface area contributed by atoms with E-state index in [1.165, 1.54) is 6.92 Å². The monoisotopic (exact) mass is 353 g/mol. The van der Waals surface area contributed by atoms with Gasteiger partial charge >= 0.3 is 5.97 Å². The van der Waals surface area contributed by atoms with Crippen molar-refractivity contribution in [3.63, 3.8) is 0 Å². The van der Waals surface area contributed by atoms with Crippen LogP contribution in [0.15, 0.2) is 36.4 Å². The molecule has 1 unspecified atom stereocenters. The first-order chi connectivity index (χ1) is 10.9. The Bertz CT molecular complexity index is 704. The number of carbonyl (C=O) groups excluding carboxylic acids is 1. The van der Waals surface area contributed by atoms with E-state index >= 15 is 0 Å². The quantitative estimate of drug-likeness (QED) is 0.638. The van der Waals surface area contributed by atoms with Crippen LogP contribution in [-0.4, -0.2) is 43.2 Å². The largest absolute Gasteiger partial charge is 0.508 e. The van der Waals surface area contributed by atoms with Gasteiger partial charge in [-0.3, -0.25) is 4.79 Å². The number of hydrogen-bond donors (Lipinski definition) is 1. The molecule has 132 valence electrons. The molecule has 6 heteroatoms. The lowest BCUT2D eigenvalue weighted by molar-refractivity contribution is -0.241. The van der Waals surface area contributed by atoms with Crippen molar-refractivity contribution in [1.82, 2.24) is 4.90 Å². The molecule has 0 spiro atoms. The molecular weight excluding hydrogens is 330 g/mol. The molecule has 0 aromatic heterocycles. The zero-order valence-electron chi connectivity index (χ0n) is 14.4. The molecule has 0 bridgehead atoms. The second-order valence-electron chi connectivity index (χ2n) is 5.76. The number of likely N-dealkylation sites (N-methyl/N-ethyl adjacent to an activating group) is 1. The fourth-order valence-corrected chi connectivity index (χ4v) is 2.69. The van der Waals surface area contributed by atoms with E-state index in [1.807, 2.05) is 50.2 Å². The van der Waals surface area contributed by atoms with E-state index < -0.39 is 11.8 Å². The molecule has 24 heavy (non-hydrogen) atoms. The van der Waals surface area contributed by atoms with Crippen LogP contribution >= 0.6 is 12.4 Å². The van der Waals surface area contributed by atoms with E-state index in [0.717, 1.165) is 16.3 Å². The third kappa shape index (κ3) is 4.60. The van der Waals surface area contributed by atoms with Gasteiger partial charge in [0.15, 0.2) is 0 Å². The molecule has 0 aliphatic rings. The van der Waals surface area contributed by atoms with Crippen molar-refractivity contribution in [2.45, 2.75) is 19.6 Å². The number of fused-ring (bicyclic) bond motifs is 1. The number of phenols is 1. The van der Waals surface area contributed by atoms with E-state index in [4.69, 9.17) is 9.47 Å². The average Bonchev–Trinajstić information content (AvgIpc) is 2.45. The number of halogens is 1. The SMILES string of the molecule is CCOC(CN(C)C)(OC(C)=O)c1ccc2cc(O)ccc2c1.Cl. The first kappa shape index (κ1) is 20.2. The summed E-state index contributed by atoms with van der Waals surface area (Å²) in [5, 5.41) is 11.4. The minimum Gasteiger partial charge on any atom is -0.508 e. The number of aromatic hydroxyl groups is 1. The molecule has 2 aromatic carbocycles. The van der Waals surface area contributed by atoms with Crippen LogP contribution in [0, 0.1) is 0 Å². The van der Waals surface area contributed by atoms with Gasteiger partial charge in [-0.05, 0) is 50.0 Å². The van der Waals surface area contributed by atoms with Crippen LogP contribution in [0.2, 0.25) is 0 Å². The Hall–Kier alpha value is -1.82. The Balaban J connectivity index is 0.00000288. The van der Waals surface area contributed by atoms with Gasteiger partial charge in [0.1, 0.15) is 5.75 Å². The van der Waals surface area contributed by atoms with Crippen molar-refractivity contribution in [2.24, 2.45) is 0 Å². The van der Waals surface area contributed by atoms with Gasteiger partial charge in [0.25, 0.3) is 5.79 Å². The predicted octanol–water partition coefficient (Wildman–Crippen LogP) is 3.28. The molecule has 0 radical (unpaired) electrons. The molecule has 1 N–H and O–H groups in total. The maximum Gasteiger partial charge on any atom is 0.305 e. The van der Waals surface area contributed by atoms with Gasteiger partial charge in [0.2, 0.25) is 0 Å². The van der Waals surface area contributed by atoms with E-state index in [0.29, 0.717) is 13.2 Å². The lowest BCUT2D eigenvalue weighted by atomic mass is 10.00. The van der Waals surface area contributed by atoms with Crippen LogP contribution in [0.5, 0.6) is 5.75 Å². The molecular formula is C18H24ClNO4. The maximum atomic E-state index is 11.6. The van der Waals surface area contributed by atoms with Crippen LogP contribution in [0.1, 0.15) is 19.4 Å². The summed E-state index contributed by atoms with van der Waals surface area (Å²) in [7, 11) is 3.80. The highest BCUT2D eigenvalue weighted by Gasteiger charge is 2.37. The summed E-state index contributed by atoms with van der Waals surface area (Å²) >= 11 is 0. The lowest BCUT2D eigenvalue weighted by Crippen LogP contribution is -2.43. The Kier molecular flexibility index (Phi) is 7.02. The molecule has 1 atom stereocenters. The minimum atomic E-state index is -1.16. The van der Waals surface area contributed by atoms with Crippen LogP contribution < -0.4 is 0 Å². The number of benzene rings is 2. The van der Waals surface area contributed by atoms with E-state index in [1.54, 1.807) is 12.1 Å². The topological polar surface area (TPSA) is 59.0 Å². The van der Waals surface area contributed by atoms with Crippen molar-refractivity contribution in [3.05, 3.63) is 42.0 Å². The summed E-state index contributed by atoms with van der Waals surface area (Å²) in [6.07, 6.45) is 0. The van der Waals surface area contributed by atoms with Crippen LogP contribution in [0.25, 0.3) is 10.8 Å². The first-order valence-corrected chi connectivity index (χ1v) is 7.58. The predicted molar refractivity (Wildman–Crippen MR) is 96.5 cm³/mol. The molecule has 2 rings (SSSR count). The summed E-state index contributed by atoms with van der Waals surface area (Å²) in [6, 6.07) is 10.8. The number of carbonyl (C=O) groups is 1. The van der Waals surface area contributed by atoms with Gasteiger partial charge in [0, 0.05) is 19.1 Å². The fraction of sp³-hybridized carbons (Fsp3) is 0.389. The van der Waals surface area contributed by atoms with Gasteiger partial charge in [-0.25, -0.2) is 0 Å². The van der Waals surface area contributed by atoms with E-state index in [2.05, 4.69) is 0 Å². The minimum absolute atomic E-state index is 0. The van der Waals surface area contributed by atoms with Crippen molar-refractivity contribution < 1.29 is 19.4 Å². The van der Waals surface area contributed by atoms with Gasteiger partial charge in [-0.2, -0.15) is 0 Å². The molecule has 2 aromatic rings. The zero-order valence-corrected chi connectivity index (χ0v) is 15.2. The van der Waals surface area contributed by atoms with Crippen LogP contribution in [0.4, 0.5) is 0 Å². The van der Waals surface area contributed by atoms with Gasteiger partial charge in [-0.15, -0.1) is 12.4 Å². The molecule has 0 aliphatic carbocycles. The smallest absolute Gasteiger partial charge is 0.305 e. The Morgan fingerprint density at radius 3 is 2.38 bits per heavy atom. The average molecular weight is 354 g/mol. The highest BCUT2D eigenvalue weighted by atomic mass is 35.5. The zero-order chi connectivity index (χ0) is 17.0. The molecule has 5 nitrogen and oxygen atoms in total. The van der Waals surface area contributed by atoms with Crippen molar-refractivity contribution in [1.29, 1.82) is 0 Å². The molecule has 0 saturated carbocycles. The van der Waals surface area contributed by atoms with Gasteiger partial charge < -0.3 is 19.5 Å². The summed E-state index contributed by atoms with van der Waals surface area (Å²) in [5.41, 5.74) is 0.765.